The van der Waals surface area contributed by atoms with E-state index >= 15 is 0 Å². The molecule has 0 aliphatic heterocycles. The molecule has 1 aromatic rings. The van der Waals surface area contributed by atoms with Gasteiger partial charge in [-0.2, -0.15) is 0 Å². The van der Waals surface area contributed by atoms with E-state index in [9.17, 15) is 0 Å². The van der Waals surface area contributed by atoms with Crippen molar-refractivity contribution in [1.29, 1.82) is 0 Å². The van der Waals surface area contributed by atoms with Gasteiger partial charge in [0, 0.05) is 0 Å². The Labute approximate surface area is 78.0 Å². The zero-order valence-corrected chi connectivity index (χ0v) is 7.48. The van der Waals surface area contributed by atoms with Crippen LogP contribution >= 0.6 is 0 Å². The molecule has 0 N–H and O–H groups in total. The minimum Gasteiger partial charge on any atom is -0.0620 e. The molecule has 0 heterocycles. The molecule has 4 fully saturated rings. The second kappa shape index (κ2) is 1.47. The first-order chi connectivity index (χ1) is 6.47. The summed E-state index contributed by atoms with van der Waals surface area (Å²) in [4.78, 5) is 0. The highest BCUT2D eigenvalue weighted by Crippen LogP contribution is 2.84. The molecule has 6 bridgehead atoms. The van der Waals surface area contributed by atoms with Crippen molar-refractivity contribution in [2.75, 3.05) is 0 Å². The molecule has 4 atom stereocenters. The molecule has 0 saturated heterocycles. The van der Waals surface area contributed by atoms with E-state index in [2.05, 4.69) is 24.3 Å². The van der Waals surface area contributed by atoms with Crippen molar-refractivity contribution in [3.63, 3.8) is 0 Å². The fourth-order valence-corrected chi connectivity index (χ4v) is 5.15. The molecule has 0 aromatic heterocycles. The second-order valence-electron chi connectivity index (χ2n) is 5.40. The molecule has 1 aromatic carbocycles. The van der Waals surface area contributed by atoms with E-state index in [4.69, 9.17) is 0 Å². The summed E-state index contributed by atoms with van der Waals surface area (Å²) in [6, 6.07) is 9.25. The van der Waals surface area contributed by atoms with Crippen molar-refractivity contribution in [1.82, 2.24) is 0 Å². The molecular weight excluding hydrogens is 156 g/mol. The molecule has 0 spiro atoms. The molecule has 0 amide bonds. The summed E-state index contributed by atoms with van der Waals surface area (Å²) < 4.78 is 0. The summed E-state index contributed by atoms with van der Waals surface area (Å²) in [6.07, 6.45) is 1.57. The first-order valence-corrected chi connectivity index (χ1v) is 5.55. The van der Waals surface area contributed by atoms with E-state index in [1.54, 1.807) is 17.5 Å². The largest absolute Gasteiger partial charge is 0.0620 e. The van der Waals surface area contributed by atoms with Crippen LogP contribution in [-0.4, -0.2) is 0 Å². The molecule has 5 aliphatic carbocycles. The number of hydrogen-bond acceptors (Lipinski definition) is 0. The van der Waals surface area contributed by atoms with Gasteiger partial charge in [0.1, 0.15) is 0 Å². The maximum absolute atomic E-state index is 2.39. The smallest absolute Gasteiger partial charge is 0.00907 e. The van der Waals surface area contributed by atoms with Crippen LogP contribution in [0.1, 0.15) is 29.4 Å². The van der Waals surface area contributed by atoms with Gasteiger partial charge in [0.25, 0.3) is 0 Å². The minimum atomic E-state index is 1.01. The van der Waals surface area contributed by atoms with Crippen LogP contribution in [0.3, 0.4) is 0 Å². The van der Waals surface area contributed by atoms with Gasteiger partial charge in [0.15, 0.2) is 0 Å². The van der Waals surface area contributed by atoms with Crippen LogP contribution in [-0.2, 0) is 0 Å². The van der Waals surface area contributed by atoms with Crippen LogP contribution in [0.4, 0.5) is 0 Å². The van der Waals surface area contributed by atoms with Gasteiger partial charge in [-0.1, -0.05) is 24.3 Å². The Balaban J connectivity index is 1.89. The molecule has 6 rings (SSSR count). The zero-order valence-electron chi connectivity index (χ0n) is 7.48. The van der Waals surface area contributed by atoms with E-state index in [1.807, 2.05) is 0 Å². The Bertz CT molecular complexity index is 383. The number of fused-ring (bicyclic) bond motifs is 1. The predicted octanol–water partition coefficient (Wildman–Crippen LogP) is 2.76. The summed E-state index contributed by atoms with van der Waals surface area (Å²) in [5.74, 6) is 6.55. The first-order valence-electron chi connectivity index (χ1n) is 5.55. The lowest BCUT2D eigenvalue weighted by Gasteiger charge is -2.12. The lowest BCUT2D eigenvalue weighted by atomic mass is 9.92. The average molecular weight is 168 g/mol. The number of benzene rings is 1. The fourth-order valence-electron chi connectivity index (χ4n) is 5.15. The van der Waals surface area contributed by atoms with Gasteiger partial charge >= 0.3 is 0 Å². The van der Waals surface area contributed by atoms with Gasteiger partial charge in [0.2, 0.25) is 0 Å². The maximum atomic E-state index is 2.39. The molecule has 4 unspecified atom stereocenters. The van der Waals surface area contributed by atoms with Gasteiger partial charge < -0.3 is 0 Å². The van der Waals surface area contributed by atoms with Crippen molar-refractivity contribution < 1.29 is 0 Å². The Morgan fingerprint density at radius 3 is 2.00 bits per heavy atom. The molecule has 13 heavy (non-hydrogen) atoms. The van der Waals surface area contributed by atoms with Crippen molar-refractivity contribution in [3.05, 3.63) is 35.4 Å². The third-order valence-electron chi connectivity index (χ3n) is 5.30. The molecule has 0 radical (unpaired) electrons. The number of rotatable bonds is 0. The van der Waals surface area contributed by atoms with Crippen LogP contribution in [0.25, 0.3) is 0 Å². The van der Waals surface area contributed by atoms with Gasteiger partial charge in [0.05, 0.1) is 0 Å². The Kier molecular flexibility index (Phi) is 0.662. The van der Waals surface area contributed by atoms with Gasteiger partial charge in [-0.15, -0.1) is 0 Å². The third-order valence-corrected chi connectivity index (χ3v) is 5.30. The lowest BCUT2D eigenvalue weighted by molar-refractivity contribution is 0.528. The van der Waals surface area contributed by atoms with E-state index in [0.717, 1.165) is 35.5 Å². The Hall–Kier alpha value is -0.780. The second-order valence-corrected chi connectivity index (χ2v) is 5.40. The summed E-state index contributed by atoms with van der Waals surface area (Å²) >= 11 is 0. The maximum Gasteiger partial charge on any atom is -0.00907 e. The fraction of sp³-hybridized carbons (Fsp3) is 0.538. The van der Waals surface area contributed by atoms with Crippen LogP contribution < -0.4 is 0 Å². The molecular formula is C13H12. The molecule has 64 valence electrons. The van der Waals surface area contributed by atoms with Crippen LogP contribution in [0.2, 0.25) is 0 Å². The normalized spacial score (nSPS) is 56.9. The predicted molar refractivity (Wildman–Crippen MR) is 50.5 cm³/mol. The highest BCUT2D eigenvalue weighted by atomic mass is 14.8. The third kappa shape index (κ3) is 0.410. The highest BCUT2D eigenvalue weighted by molar-refractivity contribution is 5.51. The van der Waals surface area contributed by atoms with Crippen LogP contribution in [0.15, 0.2) is 24.3 Å². The van der Waals surface area contributed by atoms with E-state index < -0.39 is 0 Å². The van der Waals surface area contributed by atoms with Crippen LogP contribution in [0.5, 0.6) is 0 Å². The average Bonchev–Trinajstić information content (AvgIpc) is 2.62. The van der Waals surface area contributed by atoms with Crippen molar-refractivity contribution in [2.45, 2.75) is 18.3 Å². The summed E-state index contributed by atoms with van der Waals surface area (Å²) in [5.41, 5.74) is 3.47. The summed E-state index contributed by atoms with van der Waals surface area (Å²) in [6.45, 7) is 0. The summed E-state index contributed by atoms with van der Waals surface area (Å²) in [5, 5.41) is 0. The van der Waals surface area contributed by atoms with Crippen LogP contribution in [0, 0.1) is 23.7 Å². The van der Waals surface area contributed by atoms with E-state index in [1.165, 1.54) is 0 Å². The minimum absolute atomic E-state index is 1.01. The molecule has 0 nitrogen and oxygen atoms in total. The number of hydrogen-bond donors (Lipinski definition) is 0. The van der Waals surface area contributed by atoms with Crippen molar-refractivity contribution in [2.24, 2.45) is 23.7 Å². The Morgan fingerprint density at radius 1 is 0.846 bits per heavy atom. The van der Waals surface area contributed by atoms with Gasteiger partial charge in [-0.25, -0.2) is 0 Å². The molecule has 4 saturated carbocycles. The van der Waals surface area contributed by atoms with Gasteiger partial charge in [-0.3, -0.25) is 0 Å². The first kappa shape index (κ1) is 5.85. The SMILES string of the molecule is c1ccc2c(c1)C1C3CC4C1C4C23. The standard InChI is InChI=1S/C13H12/c1-2-4-7-6(3-1)10-8-5-9-12(10)13(9)11(7)8/h1-4,8-13H,5H2. The Morgan fingerprint density at radius 2 is 1.46 bits per heavy atom. The quantitative estimate of drug-likeness (QED) is 0.558. The lowest BCUT2D eigenvalue weighted by Crippen LogP contribution is -1.99. The highest BCUT2D eigenvalue weighted by Gasteiger charge is 2.76. The topological polar surface area (TPSA) is 0 Å². The van der Waals surface area contributed by atoms with E-state index in [0.29, 0.717) is 0 Å². The molecule has 5 aliphatic rings. The zero-order chi connectivity index (χ0) is 8.15. The van der Waals surface area contributed by atoms with E-state index in [-0.39, 0.29) is 0 Å². The van der Waals surface area contributed by atoms with Crippen molar-refractivity contribution >= 4 is 0 Å². The van der Waals surface area contributed by atoms with Gasteiger partial charge in [-0.05, 0) is 53.1 Å². The van der Waals surface area contributed by atoms with Crippen molar-refractivity contribution in [3.8, 4) is 0 Å². The monoisotopic (exact) mass is 168 g/mol. The summed E-state index contributed by atoms with van der Waals surface area (Å²) in [7, 11) is 0. The molecule has 0 heteroatoms.